The second-order valence-electron chi connectivity index (χ2n) is 3.70. The third-order valence-corrected chi connectivity index (χ3v) is 2.85. The zero-order valence-corrected chi connectivity index (χ0v) is 10.3. The van der Waals surface area contributed by atoms with E-state index in [4.69, 9.17) is 4.52 Å². The Morgan fingerprint density at radius 1 is 1.31 bits per heavy atom. The smallest absolute Gasteiger partial charge is 0.248 e. The predicted octanol–water partition coefficient (Wildman–Crippen LogP) is 2.65. The fraction of sp³-hybridized carbons (Fsp3) is 0.250. The fourth-order valence-electron chi connectivity index (χ4n) is 1.87. The van der Waals surface area contributed by atoms with Gasteiger partial charge in [0.15, 0.2) is 0 Å². The van der Waals surface area contributed by atoms with Gasteiger partial charge in [-0.1, -0.05) is 19.4 Å². The molecular formula is C12H14NO2P. The van der Waals surface area contributed by atoms with Crippen molar-refractivity contribution in [3.8, 4) is 5.75 Å². The van der Waals surface area contributed by atoms with Crippen LogP contribution in [0.15, 0.2) is 29.1 Å². The molecule has 0 spiro atoms. The van der Waals surface area contributed by atoms with Crippen LogP contribution in [-0.4, -0.2) is 4.98 Å². The summed E-state index contributed by atoms with van der Waals surface area (Å²) in [6.07, 6.45) is 2.08. The molecule has 0 aliphatic carbocycles. The van der Waals surface area contributed by atoms with E-state index in [-0.39, 0.29) is 5.56 Å². The fourth-order valence-corrected chi connectivity index (χ4v) is 2.07. The number of rotatable bonds is 3. The van der Waals surface area contributed by atoms with E-state index in [1.54, 1.807) is 6.07 Å². The van der Waals surface area contributed by atoms with Crippen molar-refractivity contribution in [2.75, 3.05) is 0 Å². The van der Waals surface area contributed by atoms with E-state index in [1.807, 2.05) is 18.2 Å². The summed E-state index contributed by atoms with van der Waals surface area (Å²) < 4.78 is 5.16. The number of aryl methyl sites for hydroxylation is 1. The predicted molar refractivity (Wildman–Crippen MR) is 68.9 cm³/mol. The maximum Gasteiger partial charge on any atom is 0.248 e. The summed E-state index contributed by atoms with van der Waals surface area (Å²) in [6.45, 7) is 2.14. The van der Waals surface area contributed by atoms with Crippen LogP contribution >= 0.6 is 9.47 Å². The Hall–Kier alpha value is -1.34. The number of hydrogen-bond donors (Lipinski definition) is 1. The lowest BCUT2D eigenvalue weighted by Gasteiger charge is -2.08. The van der Waals surface area contributed by atoms with Gasteiger partial charge in [-0.15, -0.1) is 0 Å². The molecule has 1 aromatic heterocycles. The van der Waals surface area contributed by atoms with Crippen molar-refractivity contribution in [1.29, 1.82) is 0 Å². The van der Waals surface area contributed by atoms with Crippen molar-refractivity contribution in [3.63, 3.8) is 0 Å². The molecule has 1 unspecified atom stereocenters. The highest BCUT2D eigenvalue weighted by atomic mass is 31.0. The van der Waals surface area contributed by atoms with Gasteiger partial charge >= 0.3 is 0 Å². The Kier molecular flexibility index (Phi) is 3.25. The molecule has 0 fully saturated rings. The van der Waals surface area contributed by atoms with Crippen LogP contribution in [0.3, 0.4) is 0 Å². The van der Waals surface area contributed by atoms with Crippen LogP contribution in [0.1, 0.15) is 18.9 Å². The molecule has 1 heterocycles. The van der Waals surface area contributed by atoms with Crippen molar-refractivity contribution in [3.05, 3.63) is 40.2 Å². The minimum absolute atomic E-state index is 0.107. The van der Waals surface area contributed by atoms with Crippen molar-refractivity contribution < 1.29 is 4.52 Å². The number of aromatic nitrogens is 1. The van der Waals surface area contributed by atoms with E-state index in [2.05, 4.69) is 21.4 Å². The number of fused-ring (bicyclic) bond motifs is 1. The van der Waals surface area contributed by atoms with Gasteiger partial charge in [-0.3, -0.25) is 4.79 Å². The Balaban J connectivity index is 2.74. The van der Waals surface area contributed by atoms with Gasteiger partial charge in [-0.05, 0) is 24.1 Å². The number of pyridine rings is 1. The third-order valence-electron chi connectivity index (χ3n) is 2.59. The molecule has 16 heavy (non-hydrogen) atoms. The van der Waals surface area contributed by atoms with Crippen LogP contribution in [0.5, 0.6) is 5.75 Å². The lowest BCUT2D eigenvalue weighted by atomic mass is 10.0. The topological polar surface area (TPSA) is 42.1 Å². The average Bonchev–Trinajstić information content (AvgIpc) is 2.29. The highest BCUT2D eigenvalue weighted by Gasteiger charge is 2.06. The summed E-state index contributed by atoms with van der Waals surface area (Å²) in [5, 5.41) is 1.06. The largest absolute Gasteiger partial charge is 0.478 e. The van der Waals surface area contributed by atoms with E-state index in [0.717, 1.165) is 23.7 Å². The van der Waals surface area contributed by atoms with Gasteiger partial charge in [-0.2, -0.15) is 0 Å². The normalized spacial score (nSPS) is 10.6. The number of nitrogens with one attached hydrogen (secondary N) is 1. The maximum atomic E-state index is 11.3. The molecule has 0 saturated heterocycles. The number of aromatic amines is 1. The summed E-state index contributed by atoms with van der Waals surface area (Å²) in [5.74, 6) is 0.678. The molecule has 2 rings (SSSR count). The average molecular weight is 235 g/mol. The second-order valence-corrected chi connectivity index (χ2v) is 3.94. The van der Waals surface area contributed by atoms with Gasteiger partial charge in [0.1, 0.15) is 5.75 Å². The van der Waals surface area contributed by atoms with Gasteiger partial charge in [0.25, 0.3) is 0 Å². The lowest BCUT2D eigenvalue weighted by Crippen LogP contribution is -2.04. The SMILES string of the molecule is CCCc1ccc(OP)c2[nH]c(=O)ccc12. The minimum Gasteiger partial charge on any atom is -0.478 e. The molecule has 4 heteroatoms. The lowest BCUT2D eigenvalue weighted by molar-refractivity contribution is 0.651. The van der Waals surface area contributed by atoms with Crippen LogP contribution in [-0.2, 0) is 6.42 Å². The molecule has 0 radical (unpaired) electrons. The summed E-state index contributed by atoms with van der Waals surface area (Å²) in [6, 6.07) is 7.33. The Bertz CT molecular complexity index is 562. The van der Waals surface area contributed by atoms with Gasteiger partial charge in [0.2, 0.25) is 5.56 Å². The number of hydrogen-bond acceptors (Lipinski definition) is 2. The Labute approximate surface area is 96.1 Å². The summed E-state index contributed by atoms with van der Waals surface area (Å²) in [4.78, 5) is 14.1. The minimum atomic E-state index is -0.107. The molecule has 0 saturated carbocycles. The molecule has 0 aliphatic rings. The van der Waals surface area contributed by atoms with Gasteiger partial charge < -0.3 is 9.51 Å². The van der Waals surface area contributed by atoms with E-state index in [9.17, 15) is 4.79 Å². The number of benzene rings is 1. The summed E-state index contributed by atoms with van der Waals surface area (Å²) in [5.41, 5.74) is 1.90. The zero-order valence-electron chi connectivity index (χ0n) is 9.12. The maximum absolute atomic E-state index is 11.3. The molecule has 2 aromatic rings. The zero-order chi connectivity index (χ0) is 11.5. The molecule has 0 bridgehead atoms. The van der Waals surface area contributed by atoms with E-state index in [0.29, 0.717) is 5.75 Å². The second kappa shape index (κ2) is 4.67. The molecule has 1 N–H and O–H groups in total. The first-order chi connectivity index (χ1) is 7.76. The van der Waals surface area contributed by atoms with Crippen molar-refractivity contribution in [1.82, 2.24) is 4.98 Å². The molecule has 0 aliphatic heterocycles. The van der Waals surface area contributed by atoms with E-state index < -0.39 is 0 Å². The molecule has 1 aromatic carbocycles. The summed E-state index contributed by atoms with van der Waals surface area (Å²) >= 11 is 0. The van der Waals surface area contributed by atoms with Gasteiger partial charge in [-0.25, -0.2) is 0 Å². The first kappa shape index (κ1) is 11.2. The van der Waals surface area contributed by atoms with E-state index >= 15 is 0 Å². The monoisotopic (exact) mass is 235 g/mol. The number of H-pyrrole nitrogens is 1. The standard InChI is InChI=1S/C12H14NO2P/c1-2-3-8-4-6-10(15-16)12-9(8)5-7-11(14)13-12/h4-7H,2-3,16H2,1H3,(H,13,14). The molecule has 0 amide bonds. The Morgan fingerprint density at radius 3 is 2.81 bits per heavy atom. The Morgan fingerprint density at radius 2 is 2.12 bits per heavy atom. The molecule has 3 nitrogen and oxygen atoms in total. The van der Waals surface area contributed by atoms with Crippen LogP contribution in [0.25, 0.3) is 10.9 Å². The highest BCUT2D eigenvalue weighted by molar-refractivity contribution is 7.10. The van der Waals surface area contributed by atoms with E-state index in [1.165, 1.54) is 5.56 Å². The van der Waals surface area contributed by atoms with Crippen LogP contribution in [0.4, 0.5) is 0 Å². The molecular weight excluding hydrogens is 221 g/mol. The quantitative estimate of drug-likeness (QED) is 0.831. The third kappa shape index (κ3) is 1.96. The molecule has 1 atom stereocenters. The highest BCUT2D eigenvalue weighted by Crippen LogP contribution is 2.27. The van der Waals surface area contributed by atoms with Crippen LogP contribution in [0.2, 0.25) is 0 Å². The van der Waals surface area contributed by atoms with Crippen molar-refractivity contribution in [2.45, 2.75) is 19.8 Å². The van der Waals surface area contributed by atoms with Gasteiger partial charge in [0, 0.05) is 11.5 Å². The first-order valence-corrected chi connectivity index (χ1v) is 5.75. The van der Waals surface area contributed by atoms with Crippen LogP contribution < -0.4 is 10.1 Å². The van der Waals surface area contributed by atoms with Crippen LogP contribution in [0, 0.1) is 0 Å². The van der Waals surface area contributed by atoms with Crippen molar-refractivity contribution >= 4 is 20.4 Å². The van der Waals surface area contributed by atoms with Gasteiger partial charge in [0.05, 0.1) is 15.0 Å². The summed E-state index contributed by atoms with van der Waals surface area (Å²) in [7, 11) is 2.20. The van der Waals surface area contributed by atoms with Crippen molar-refractivity contribution in [2.24, 2.45) is 0 Å². The molecule has 84 valence electrons. The first-order valence-electron chi connectivity index (χ1n) is 5.28.